The van der Waals surface area contributed by atoms with Crippen LogP contribution in [-0.2, 0) is 20.7 Å². The number of hydrogen-bond donors (Lipinski definition) is 2. The van der Waals surface area contributed by atoms with E-state index in [0.29, 0.717) is 12.8 Å². The van der Waals surface area contributed by atoms with Crippen molar-refractivity contribution in [2.45, 2.75) is 64.7 Å². The summed E-state index contributed by atoms with van der Waals surface area (Å²) in [4.78, 5) is 23.6. The fourth-order valence-corrected chi connectivity index (χ4v) is 2.37. The summed E-state index contributed by atoms with van der Waals surface area (Å²) < 4.78 is 23.1. The van der Waals surface area contributed by atoms with Gasteiger partial charge in [-0.3, -0.25) is 4.79 Å². The minimum Gasteiger partial charge on any atom is -0.466 e. The molecule has 0 spiro atoms. The quantitative estimate of drug-likeness (QED) is 0.494. The summed E-state index contributed by atoms with van der Waals surface area (Å²) >= 11 is 0. The summed E-state index contributed by atoms with van der Waals surface area (Å²) in [6.07, 6.45) is 2.45. The first-order valence-corrected chi connectivity index (χ1v) is 9.35. The average Bonchev–Trinajstić information content (AvgIpc) is 2.58. The molecule has 0 fully saturated rings. The van der Waals surface area contributed by atoms with Crippen molar-refractivity contribution in [1.29, 1.82) is 0 Å². The van der Waals surface area contributed by atoms with Crippen molar-refractivity contribution < 1.29 is 28.6 Å². The number of alkyl carbamates (subject to hydrolysis) is 1. The molecule has 1 rings (SSSR count). The summed E-state index contributed by atoms with van der Waals surface area (Å²) in [7, 11) is 0. The van der Waals surface area contributed by atoms with Crippen LogP contribution in [0.15, 0.2) is 36.4 Å². The molecule has 0 unspecified atom stereocenters. The Kier molecular flexibility index (Phi) is 9.65. The van der Waals surface area contributed by atoms with Gasteiger partial charge in [0.15, 0.2) is 0 Å². The molecule has 28 heavy (non-hydrogen) atoms. The molecule has 0 saturated heterocycles. The second-order valence-electron chi connectivity index (χ2n) is 7.38. The highest BCUT2D eigenvalue weighted by Gasteiger charge is 2.19. The maximum atomic E-state index is 13.0. The van der Waals surface area contributed by atoms with Crippen LogP contribution in [0.1, 0.15) is 46.1 Å². The van der Waals surface area contributed by atoms with Crippen molar-refractivity contribution in [3.63, 3.8) is 0 Å². The third kappa shape index (κ3) is 10.7. The van der Waals surface area contributed by atoms with Gasteiger partial charge in [-0.1, -0.05) is 24.3 Å². The van der Waals surface area contributed by atoms with Crippen molar-refractivity contribution >= 4 is 12.1 Å². The normalized spacial score (nSPS) is 13.8. The van der Waals surface area contributed by atoms with Crippen LogP contribution in [-0.4, -0.2) is 41.5 Å². The zero-order valence-electron chi connectivity index (χ0n) is 16.9. The molecule has 0 aliphatic carbocycles. The Morgan fingerprint density at radius 3 is 2.43 bits per heavy atom. The molecule has 156 valence electrons. The predicted octanol–water partition coefficient (Wildman–Crippen LogP) is 3.52. The van der Waals surface area contributed by atoms with E-state index in [1.807, 2.05) is 0 Å². The highest BCUT2D eigenvalue weighted by Crippen LogP contribution is 2.10. The molecule has 1 aromatic carbocycles. The summed E-state index contributed by atoms with van der Waals surface area (Å²) in [6, 6.07) is 5.35. The summed E-state index contributed by atoms with van der Waals surface area (Å²) in [5.74, 6) is -0.701. The van der Waals surface area contributed by atoms with Crippen molar-refractivity contribution in [3.05, 3.63) is 47.8 Å². The SMILES string of the molecule is CCOC(=O)CC[C@H](/C=C/[C@@H](O)Cc1ccc(F)cc1)NC(=O)OC(C)(C)C. The third-order valence-electron chi connectivity index (χ3n) is 3.59. The average molecular weight is 395 g/mol. The van der Waals surface area contributed by atoms with E-state index in [1.54, 1.807) is 45.9 Å². The Morgan fingerprint density at radius 2 is 1.86 bits per heavy atom. The minimum atomic E-state index is -0.823. The summed E-state index contributed by atoms with van der Waals surface area (Å²) in [5.41, 5.74) is 0.128. The second kappa shape index (κ2) is 11.4. The molecule has 0 aromatic heterocycles. The molecule has 0 aliphatic rings. The Bertz CT molecular complexity index is 652. The number of hydrogen-bond acceptors (Lipinski definition) is 5. The van der Waals surface area contributed by atoms with Crippen molar-refractivity contribution in [3.8, 4) is 0 Å². The first kappa shape index (κ1) is 23.6. The first-order chi connectivity index (χ1) is 13.1. The summed E-state index contributed by atoms with van der Waals surface area (Å²) in [5, 5.41) is 12.9. The molecule has 0 heterocycles. The van der Waals surface area contributed by atoms with E-state index < -0.39 is 23.8 Å². The standard InChI is InChI=1S/C21H30FNO5/c1-5-27-19(25)13-11-17(23-20(26)28-21(2,3)4)10-12-18(24)14-15-6-8-16(22)9-7-15/h6-10,12,17-18,24H,5,11,13-14H2,1-4H3,(H,23,26)/b12-10+/t17-,18+/m0/s1. The van der Waals surface area contributed by atoms with E-state index in [-0.39, 0.29) is 24.8 Å². The molecule has 0 aliphatic heterocycles. The van der Waals surface area contributed by atoms with Gasteiger partial charge >= 0.3 is 12.1 Å². The highest BCUT2D eigenvalue weighted by molar-refractivity contribution is 5.70. The Hall–Kier alpha value is -2.41. The van der Waals surface area contributed by atoms with Crippen LogP contribution in [0.3, 0.4) is 0 Å². The van der Waals surface area contributed by atoms with Crippen molar-refractivity contribution in [1.82, 2.24) is 5.32 Å². The smallest absolute Gasteiger partial charge is 0.408 e. The van der Waals surface area contributed by atoms with E-state index in [9.17, 15) is 19.1 Å². The molecule has 6 nitrogen and oxygen atoms in total. The van der Waals surface area contributed by atoms with Gasteiger partial charge in [-0.2, -0.15) is 0 Å². The predicted molar refractivity (Wildman–Crippen MR) is 104 cm³/mol. The number of amides is 1. The Morgan fingerprint density at radius 1 is 1.21 bits per heavy atom. The third-order valence-corrected chi connectivity index (χ3v) is 3.59. The number of aliphatic hydroxyl groups is 1. The van der Waals surface area contributed by atoms with E-state index >= 15 is 0 Å². The van der Waals surface area contributed by atoms with Crippen LogP contribution in [0, 0.1) is 5.82 Å². The number of rotatable bonds is 9. The molecule has 2 atom stereocenters. The lowest BCUT2D eigenvalue weighted by Crippen LogP contribution is -2.38. The van der Waals surface area contributed by atoms with Gasteiger partial charge in [-0.05, 0) is 51.8 Å². The molecule has 2 N–H and O–H groups in total. The van der Waals surface area contributed by atoms with Gasteiger partial charge in [0.05, 0.1) is 18.8 Å². The highest BCUT2D eigenvalue weighted by atomic mass is 19.1. The van der Waals surface area contributed by atoms with Crippen LogP contribution in [0.4, 0.5) is 9.18 Å². The number of carbonyl (C=O) groups is 2. The minimum absolute atomic E-state index is 0.118. The maximum absolute atomic E-state index is 13.0. The van der Waals surface area contributed by atoms with Crippen LogP contribution in [0.25, 0.3) is 0 Å². The lowest BCUT2D eigenvalue weighted by atomic mass is 10.1. The largest absolute Gasteiger partial charge is 0.466 e. The molecule has 7 heteroatoms. The Balaban J connectivity index is 2.69. The van der Waals surface area contributed by atoms with Gasteiger partial charge in [0, 0.05) is 12.8 Å². The molecule has 1 amide bonds. The molecule has 0 radical (unpaired) electrons. The lowest BCUT2D eigenvalue weighted by Gasteiger charge is -2.22. The van der Waals surface area contributed by atoms with Crippen molar-refractivity contribution in [2.24, 2.45) is 0 Å². The molecule has 0 bridgehead atoms. The zero-order valence-corrected chi connectivity index (χ0v) is 16.9. The number of ether oxygens (including phenoxy) is 2. The molecule has 0 saturated carbocycles. The number of aliphatic hydroxyl groups excluding tert-OH is 1. The van der Waals surface area contributed by atoms with E-state index in [1.165, 1.54) is 18.2 Å². The fraction of sp³-hybridized carbons (Fsp3) is 0.524. The van der Waals surface area contributed by atoms with E-state index in [2.05, 4.69) is 5.32 Å². The first-order valence-electron chi connectivity index (χ1n) is 9.35. The second-order valence-corrected chi connectivity index (χ2v) is 7.38. The molecular formula is C21H30FNO5. The van der Waals surface area contributed by atoms with Gasteiger partial charge in [-0.15, -0.1) is 0 Å². The Labute approximate surface area is 165 Å². The van der Waals surface area contributed by atoms with Crippen molar-refractivity contribution in [2.75, 3.05) is 6.61 Å². The monoisotopic (exact) mass is 395 g/mol. The lowest BCUT2D eigenvalue weighted by molar-refractivity contribution is -0.143. The molecular weight excluding hydrogens is 365 g/mol. The van der Waals surface area contributed by atoms with Gasteiger partial charge in [0.25, 0.3) is 0 Å². The number of halogens is 1. The number of nitrogens with one attached hydrogen (secondary N) is 1. The zero-order chi connectivity index (χ0) is 21.2. The summed E-state index contributed by atoms with van der Waals surface area (Å²) in [6.45, 7) is 7.27. The molecule has 1 aromatic rings. The van der Waals surface area contributed by atoms with Crippen LogP contribution < -0.4 is 5.32 Å². The fourth-order valence-electron chi connectivity index (χ4n) is 2.37. The number of benzene rings is 1. The maximum Gasteiger partial charge on any atom is 0.408 e. The van der Waals surface area contributed by atoms with Crippen LogP contribution in [0.5, 0.6) is 0 Å². The van der Waals surface area contributed by atoms with Gasteiger partial charge in [0.1, 0.15) is 11.4 Å². The van der Waals surface area contributed by atoms with Crippen LogP contribution in [0.2, 0.25) is 0 Å². The van der Waals surface area contributed by atoms with Crippen LogP contribution >= 0.6 is 0 Å². The van der Waals surface area contributed by atoms with E-state index in [0.717, 1.165) is 5.56 Å². The number of esters is 1. The van der Waals surface area contributed by atoms with Gasteiger partial charge < -0.3 is 19.9 Å². The van der Waals surface area contributed by atoms with E-state index in [4.69, 9.17) is 9.47 Å². The van der Waals surface area contributed by atoms with Gasteiger partial charge in [0.2, 0.25) is 0 Å². The topological polar surface area (TPSA) is 84.9 Å². The number of carbonyl (C=O) groups excluding carboxylic acids is 2. The van der Waals surface area contributed by atoms with Gasteiger partial charge in [-0.25, -0.2) is 9.18 Å².